The number of rotatable bonds is 21. The summed E-state index contributed by atoms with van der Waals surface area (Å²) in [6.45, 7) is 29.3. The van der Waals surface area contributed by atoms with E-state index in [1.807, 2.05) is 135 Å². The Morgan fingerprint density at radius 3 is 0.932 bits per heavy atom. The molecule has 15 atom stereocenters. The Hall–Kier alpha value is -12.5. The van der Waals surface area contributed by atoms with Crippen LogP contribution in [0.15, 0.2) is 154 Å². The van der Waals surface area contributed by atoms with E-state index < -0.39 is 203 Å². The van der Waals surface area contributed by atoms with Gasteiger partial charge < -0.3 is 57.3 Å². The van der Waals surface area contributed by atoms with Crippen molar-refractivity contribution in [3.05, 3.63) is 154 Å². The lowest BCUT2D eigenvalue weighted by atomic mass is 9.77. The number of cyclic esters (lactones) is 3. The summed E-state index contributed by atoms with van der Waals surface area (Å²) in [5.41, 5.74) is -5.85. The molecule has 6 aliphatic carbocycles. The number of aromatic nitrogens is 3. The third-order valence-electron chi connectivity index (χ3n) is 30.3. The number of benzene rings is 3. The highest BCUT2D eigenvalue weighted by Gasteiger charge is 2.65. The molecular formula is C108H131N9O27S3. The van der Waals surface area contributed by atoms with Crippen LogP contribution in [0.5, 0.6) is 34.9 Å². The van der Waals surface area contributed by atoms with Gasteiger partial charge in [0, 0.05) is 73.3 Å². The second kappa shape index (κ2) is 43.0. The molecule has 0 spiro atoms. The van der Waals surface area contributed by atoms with Crippen LogP contribution in [-0.2, 0) is 102 Å². The fourth-order valence-corrected chi connectivity index (χ4v) is 24.8. The van der Waals surface area contributed by atoms with Gasteiger partial charge in [0.1, 0.15) is 62.0 Å². The number of carbonyl (C=O) groups excluding carboxylic acids is 12. The number of ketones is 3. The molecule has 6 aliphatic heterocycles. The second-order valence-electron chi connectivity index (χ2n) is 44.1. The molecule has 147 heavy (non-hydrogen) atoms. The minimum absolute atomic E-state index is 0.00482. The Morgan fingerprint density at radius 2 is 0.660 bits per heavy atom. The van der Waals surface area contributed by atoms with Crippen molar-refractivity contribution in [2.75, 3.05) is 59.3 Å². The van der Waals surface area contributed by atoms with Crippen molar-refractivity contribution in [1.29, 1.82) is 0 Å². The molecule has 36 nitrogen and oxygen atoms in total. The van der Waals surface area contributed by atoms with E-state index in [0.29, 0.717) is 104 Å². The lowest BCUT2D eigenvalue weighted by Crippen LogP contribution is -2.48. The molecule has 9 fully saturated rings. The van der Waals surface area contributed by atoms with Gasteiger partial charge in [-0.2, -0.15) is 0 Å². The van der Waals surface area contributed by atoms with Crippen LogP contribution in [0.1, 0.15) is 191 Å². The molecule has 6 saturated carbocycles. The first-order valence-electron chi connectivity index (χ1n) is 50.5. The lowest BCUT2D eigenvalue weighted by Gasteiger charge is -2.34. The summed E-state index contributed by atoms with van der Waals surface area (Å²) in [5.74, 6) is -7.06. The number of amides is 6. The van der Waals surface area contributed by atoms with Gasteiger partial charge in [0.2, 0.25) is 83.2 Å². The molecule has 788 valence electrons. The van der Waals surface area contributed by atoms with Gasteiger partial charge in [0.15, 0.2) is 17.3 Å². The summed E-state index contributed by atoms with van der Waals surface area (Å²) in [6.07, 6.45) is 18.4. The summed E-state index contributed by atoms with van der Waals surface area (Å²) >= 11 is 0. The molecule has 12 bridgehead atoms. The molecule has 6 aromatic rings. The van der Waals surface area contributed by atoms with Crippen LogP contribution < -0.4 is 42.6 Å². The number of ether oxygens (including phenoxy) is 9. The van der Waals surface area contributed by atoms with Crippen LogP contribution in [0.3, 0.4) is 0 Å². The molecule has 0 unspecified atom stereocenters. The summed E-state index contributed by atoms with van der Waals surface area (Å²) in [4.78, 5) is 183. The van der Waals surface area contributed by atoms with Crippen molar-refractivity contribution in [3.63, 3.8) is 0 Å². The minimum atomic E-state index is -3.84. The smallest absolute Gasteiger partial charge is 0.306 e. The van der Waals surface area contributed by atoms with Crippen molar-refractivity contribution in [2.45, 2.75) is 243 Å². The summed E-state index contributed by atoms with van der Waals surface area (Å²) in [7, 11) is -11.5. The second-order valence-corrected chi connectivity index (χ2v) is 50.0. The first kappa shape index (κ1) is 107. The third kappa shape index (κ3) is 24.7. The Kier molecular flexibility index (Phi) is 31.3. The Bertz CT molecular complexity index is 6370. The zero-order valence-electron chi connectivity index (χ0n) is 84.4. The van der Waals surface area contributed by atoms with Crippen LogP contribution in [0.2, 0.25) is 0 Å². The highest BCUT2D eigenvalue weighted by atomic mass is 32.2. The monoisotopic (exact) mass is 2080 g/mol. The molecule has 0 radical (unpaired) electrons. The summed E-state index contributed by atoms with van der Waals surface area (Å²) in [5, 5.41) is 2.89. The van der Waals surface area contributed by atoms with Gasteiger partial charge in [-0.3, -0.25) is 71.7 Å². The maximum absolute atomic E-state index is 14.4. The van der Waals surface area contributed by atoms with E-state index in [4.69, 9.17) is 42.6 Å². The summed E-state index contributed by atoms with van der Waals surface area (Å²) in [6, 6.07) is 19.2. The molecule has 3 aromatic carbocycles. The van der Waals surface area contributed by atoms with Gasteiger partial charge in [-0.05, 0) is 200 Å². The van der Waals surface area contributed by atoms with E-state index in [9.17, 15) is 82.8 Å². The van der Waals surface area contributed by atoms with Crippen LogP contribution in [0.4, 0.5) is 0 Å². The average molecular weight is 2080 g/mol. The Morgan fingerprint density at radius 1 is 0.388 bits per heavy atom. The van der Waals surface area contributed by atoms with E-state index in [0.717, 1.165) is 21.5 Å². The van der Waals surface area contributed by atoms with Crippen molar-refractivity contribution in [3.8, 4) is 34.9 Å². The maximum Gasteiger partial charge on any atom is 0.306 e. The van der Waals surface area contributed by atoms with Gasteiger partial charge in [-0.25, -0.2) is 40.2 Å². The number of hydrogen-bond acceptors (Lipinski definition) is 30. The predicted molar refractivity (Wildman–Crippen MR) is 540 cm³/mol. The van der Waals surface area contributed by atoms with Gasteiger partial charge in [-0.15, -0.1) is 19.7 Å². The van der Waals surface area contributed by atoms with E-state index in [1.54, 1.807) is 61.1 Å². The van der Waals surface area contributed by atoms with Gasteiger partial charge in [0.05, 0.1) is 120 Å². The van der Waals surface area contributed by atoms with Gasteiger partial charge in [-0.1, -0.05) is 98.7 Å². The first-order valence-corrected chi connectivity index (χ1v) is 55.2. The molecule has 3 saturated heterocycles. The number of fused-ring (bicyclic) bond motifs is 9. The van der Waals surface area contributed by atoms with Crippen molar-refractivity contribution >= 4 is 133 Å². The molecule has 18 rings (SSSR count). The van der Waals surface area contributed by atoms with Crippen molar-refractivity contribution < 1.29 is 125 Å². The highest BCUT2D eigenvalue weighted by Crippen LogP contribution is 2.60. The number of nitrogens with zero attached hydrogens (tertiary/aromatic N) is 6. The molecular weight excluding hydrogens is 1950 g/mol. The number of nitrogens with one attached hydrogen (secondary N) is 3. The number of sulfonamides is 3. The standard InChI is InChI=1S/C36H45N3O9S.2C36H43N3O9S/c3*1-5-23-19-36(23,34(43)38-49(44,45)26-10-11-26)20-30(40)29-17-25-21-39(29)33(42)28(35(2,3)4)18-31(41)47-15-7-6-14-46-24-9-8-22-12-13-37-32(48-25)27(22)16-24/h5,8-9,12-13,16,23,25-26,28-29H,1,6-7,10-11,14-15,17-21H2,2-4H3,(H,38,43);2*5-9,12-13,16,23,25-26,28-29H,1,10-11,14-15,17-21H2,2-4H3,(H,38,43)/b;7-6+;7-6-/t3*23-,25-,28-,29+,36-/m111/s1. The minimum Gasteiger partial charge on any atom is -0.494 e. The number of pyridine rings is 3. The number of carbonyl (C=O) groups is 12. The molecule has 3 aromatic heterocycles. The topological polar surface area (TPSA) is 475 Å². The van der Waals surface area contributed by atoms with Crippen molar-refractivity contribution in [1.82, 2.24) is 43.8 Å². The maximum atomic E-state index is 14.4. The van der Waals surface area contributed by atoms with Crippen LogP contribution in [0, 0.1) is 68.0 Å². The zero-order valence-corrected chi connectivity index (χ0v) is 86.9. The first-order chi connectivity index (χ1) is 69.6. The van der Waals surface area contributed by atoms with Gasteiger partial charge in [0.25, 0.3) is 0 Å². The highest BCUT2D eigenvalue weighted by molar-refractivity contribution is 7.91. The lowest BCUT2D eigenvalue weighted by molar-refractivity contribution is -0.153. The van der Waals surface area contributed by atoms with Crippen LogP contribution in [-0.4, -0.2) is 237 Å². The third-order valence-corrected chi connectivity index (χ3v) is 35.7. The van der Waals surface area contributed by atoms with Crippen LogP contribution in [0.25, 0.3) is 32.3 Å². The van der Waals surface area contributed by atoms with Gasteiger partial charge >= 0.3 is 17.9 Å². The average Bonchev–Trinajstić information content (AvgIpc) is 1.58. The zero-order chi connectivity index (χ0) is 105. The van der Waals surface area contributed by atoms with Crippen molar-refractivity contribution in [2.24, 2.45) is 68.0 Å². The van der Waals surface area contributed by atoms with Crippen LogP contribution >= 0.6 is 0 Å². The van der Waals surface area contributed by atoms with E-state index in [1.165, 1.54) is 14.7 Å². The van der Waals surface area contributed by atoms with E-state index in [2.05, 4.69) is 48.9 Å². The summed E-state index contributed by atoms with van der Waals surface area (Å²) < 4.78 is 136. The normalized spacial score (nSPS) is 28.3. The number of hydrogen-bond donors (Lipinski definition) is 3. The number of esters is 3. The molecule has 3 N–H and O–H groups in total. The largest absolute Gasteiger partial charge is 0.494 e. The fraction of sp³-hybridized carbons (Fsp3) is 0.546. The van der Waals surface area contributed by atoms with E-state index >= 15 is 0 Å². The predicted octanol–water partition coefficient (Wildman–Crippen LogP) is 11.9. The molecule has 6 amide bonds. The molecule has 9 heterocycles. The number of Topliss-reactive ketones (excluding diaryl/α,β-unsaturated/α-hetero) is 3. The SMILES string of the molecule is C=C[C@@H]1C[C@]1(CC(=O)[C@@H]1C[C@@H]2CN1C(=O)[C@H](C(C)(C)C)CC(=O)OC/C=C/COc1ccc3ccnc(c3c1)O2)C(=O)NS(=O)(=O)C1CC1.C=C[C@@H]1C[C@]1(CC(=O)[C@@H]1C[C@@H]2CN1C(=O)[C@H](C(C)(C)C)CC(=O)OC/C=C\COc1ccc3ccnc(c3c1)O2)C(=O)NS(=O)(=O)C1CC1.C=C[C@@H]1C[C@]1(CC(=O)[C@@H]1C[C@@H]2CN1C(=O)[C@H](C(C)(C)C)CC(=O)OCCCCOc1ccc3ccnc(c3c1)O2)C(=O)NS(=O)(=O)C1CC1. The Labute approximate surface area is 855 Å². The fourth-order valence-electron chi connectivity index (χ4n) is 20.6. The number of allylic oxidation sites excluding steroid dienone is 3. The molecule has 12 aliphatic rings. The Balaban J connectivity index is 0.000000158. The van der Waals surface area contributed by atoms with E-state index in [-0.39, 0.29) is 147 Å². The quantitative estimate of drug-likeness (QED) is 0.0342. The molecule has 39 heteroatoms.